The van der Waals surface area contributed by atoms with Crippen molar-refractivity contribution in [2.24, 2.45) is 5.84 Å². The van der Waals surface area contributed by atoms with Gasteiger partial charge in [-0.2, -0.15) is 0 Å². The van der Waals surface area contributed by atoms with Gasteiger partial charge in [0, 0.05) is 19.6 Å². The molecule has 1 aliphatic heterocycles. The average molecular weight is 188 g/mol. The van der Waals surface area contributed by atoms with Gasteiger partial charge in [0.1, 0.15) is 6.04 Å². The summed E-state index contributed by atoms with van der Waals surface area (Å²) in [5.74, 6) is 4.43. The van der Waals surface area contributed by atoms with Crippen LogP contribution in [-0.2, 0) is 4.79 Å². The smallest absolute Gasteiger partial charge is 0.408 e. The van der Waals surface area contributed by atoms with Crippen LogP contribution in [0.4, 0.5) is 4.79 Å². The molecule has 0 aromatic carbocycles. The van der Waals surface area contributed by atoms with Crippen LogP contribution in [0, 0.1) is 0 Å². The minimum atomic E-state index is -1.10. The summed E-state index contributed by atoms with van der Waals surface area (Å²) in [7, 11) is 0. The largest absolute Gasteiger partial charge is 0.465 e. The van der Waals surface area contributed by atoms with Crippen molar-refractivity contribution in [2.45, 2.75) is 6.04 Å². The van der Waals surface area contributed by atoms with Crippen molar-refractivity contribution in [2.75, 3.05) is 19.6 Å². The molecule has 0 radical (unpaired) electrons. The summed E-state index contributed by atoms with van der Waals surface area (Å²) in [6.07, 6.45) is -1.10. The lowest BCUT2D eigenvalue weighted by Gasteiger charge is -2.32. The van der Waals surface area contributed by atoms with Crippen LogP contribution in [0.5, 0.6) is 0 Å². The second-order valence-corrected chi connectivity index (χ2v) is 2.70. The van der Waals surface area contributed by atoms with Crippen molar-refractivity contribution in [3.8, 4) is 0 Å². The third-order valence-corrected chi connectivity index (χ3v) is 1.93. The number of hydrazine groups is 1. The standard InChI is InChI=1S/C6H12N4O3/c7-9-5(11)4-3-8-1-2-10(4)6(12)13/h4,8H,1-3,7H2,(H,9,11)(H,12,13). The van der Waals surface area contributed by atoms with Crippen LogP contribution in [0.2, 0.25) is 0 Å². The number of carbonyl (C=O) groups excluding carboxylic acids is 1. The minimum absolute atomic E-state index is 0.299. The Kier molecular flexibility index (Phi) is 3.04. The molecule has 1 saturated heterocycles. The molecule has 1 unspecified atom stereocenters. The third kappa shape index (κ3) is 2.07. The average Bonchev–Trinajstić information content (AvgIpc) is 2.16. The highest BCUT2D eigenvalue weighted by Gasteiger charge is 2.31. The van der Waals surface area contributed by atoms with Crippen molar-refractivity contribution < 1.29 is 14.7 Å². The Morgan fingerprint density at radius 2 is 2.31 bits per heavy atom. The molecule has 0 spiro atoms. The fourth-order valence-corrected chi connectivity index (χ4v) is 1.26. The normalized spacial score (nSPS) is 22.5. The lowest BCUT2D eigenvalue weighted by molar-refractivity contribution is -0.126. The van der Waals surface area contributed by atoms with Gasteiger partial charge in [-0.25, -0.2) is 10.6 Å². The van der Waals surface area contributed by atoms with E-state index in [1.807, 2.05) is 5.43 Å². The zero-order valence-corrected chi connectivity index (χ0v) is 6.99. The molecule has 74 valence electrons. The van der Waals surface area contributed by atoms with E-state index in [0.717, 1.165) is 4.90 Å². The van der Waals surface area contributed by atoms with Gasteiger partial charge in [0.25, 0.3) is 5.91 Å². The van der Waals surface area contributed by atoms with E-state index in [2.05, 4.69) is 5.32 Å². The molecule has 13 heavy (non-hydrogen) atoms. The summed E-state index contributed by atoms with van der Waals surface area (Å²) in [5.41, 5.74) is 1.94. The molecule has 7 heteroatoms. The number of nitrogens with zero attached hydrogens (tertiary/aromatic N) is 1. The number of rotatable bonds is 1. The molecule has 1 heterocycles. The summed E-state index contributed by atoms with van der Waals surface area (Å²) in [5, 5.41) is 11.6. The Morgan fingerprint density at radius 1 is 1.62 bits per heavy atom. The zero-order valence-electron chi connectivity index (χ0n) is 6.99. The number of piperazine rings is 1. The van der Waals surface area contributed by atoms with Crippen molar-refractivity contribution in [3.63, 3.8) is 0 Å². The third-order valence-electron chi connectivity index (χ3n) is 1.93. The molecular weight excluding hydrogens is 176 g/mol. The van der Waals surface area contributed by atoms with E-state index >= 15 is 0 Å². The zero-order chi connectivity index (χ0) is 9.84. The number of hydrogen-bond donors (Lipinski definition) is 4. The Balaban J connectivity index is 2.67. The molecule has 1 rings (SSSR count). The monoisotopic (exact) mass is 188 g/mol. The van der Waals surface area contributed by atoms with Gasteiger partial charge in [0.05, 0.1) is 0 Å². The first kappa shape index (κ1) is 9.75. The highest BCUT2D eigenvalue weighted by atomic mass is 16.4. The van der Waals surface area contributed by atoms with Crippen LogP contribution in [-0.4, -0.2) is 47.7 Å². The number of amides is 2. The van der Waals surface area contributed by atoms with Crippen molar-refractivity contribution >= 4 is 12.0 Å². The van der Waals surface area contributed by atoms with Crippen LogP contribution in [0.25, 0.3) is 0 Å². The van der Waals surface area contributed by atoms with Gasteiger partial charge < -0.3 is 10.4 Å². The van der Waals surface area contributed by atoms with E-state index in [0.29, 0.717) is 19.6 Å². The molecule has 0 bridgehead atoms. The van der Waals surface area contributed by atoms with Crippen LogP contribution >= 0.6 is 0 Å². The van der Waals surface area contributed by atoms with E-state index in [1.54, 1.807) is 0 Å². The first-order valence-electron chi connectivity index (χ1n) is 3.87. The van der Waals surface area contributed by atoms with Gasteiger partial charge in [-0.15, -0.1) is 0 Å². The molecule has 1 aliphatic rings. The molecular formula is C6H12N4O3. The SMILES string of the molecule is NNC(=O)C1CNCCN1C(=O)O. The van der Waals surface area contributed by atoms with Gasteiger partial charge in [-0.3, -0.25) is 15.1 Å². The maximum Gasteiger partial charge on any atom is 0.408 e. The van der Waals surface area contributed by atoms with Crippen molar-refractivity contribution in [3.05, 3.63) is 0 Å². The Hall–Kier alpha value is -1.34. The molecule has 0 aromatic rings. The van der Waals surface area contributed by atoms with Crippen molar-refractivity contribution in [1.29, 1.82) is 0 Å². The van der Waals surface area contributed by atoms with Crippen molar-refractivity contribution in [1.82, 2.24) is 15.6 Å². The second kappa shape index (κ2) is 4.06. The molecule has 0 aliphatic carbocycles. The topological polar surface area (TPSA) is 108 Å². The van der Waals surface area contributed by atoms with Crippen LogP contribution in [0.1, 0.15) is 0 Å². The predicted molar refractivity (Wildman–Crippen MR) is 43.7 cm³/mol. The van der Waals surface area contributed by atoms with Gasteiger partial charge in [-0.1, -0.05) is 0 Å². The molecule has 5 N–H and O–H groups in total. The Bertz CT molecular complexity index is 220. The quantitative estimate of drug-likeness (QED) is 0.215. The fraction of sp³-hybridized carbons (Fsp3) is 0.667. The van der Waals surface area contributed by atoms with E-state index in [9.17, 15) is 9.59 Å². The Labute approximate surface area is 74.8 Å². The number of carboxylic acid groups (broad SMARTS) is 1. The summed E-state index contributed by atoms with van der Waals surface area (Å²) in [6.45, 7) is 1.16. The van der Waals surface area contributed by atoms with Gasteiger partial charge in [0.15, 0.2) is 0 Å². The highest BCUT2D eigenvalue weighted by molar-refractivity contribution is 5.85. The number of carbonyl (C=O) groups is 2. The second-order valence-electron chi connectivity index (χ2n) is 2.70. The summed E-state index contributed by atoms with van der Waals surface area (Å²) in [6, 6.07) is -0.726. The van der Waals surface area contributed by atoms with E-state index in [1.165, 1.54) is 0 Å². The molecule has 1 atom stereocenters. The van der Waals surface area contributed by atoms with Gasteiger partial charge >= 0.3 is 6.09 Å². The Morgan fingerprint density at radius 3 is 2.85 bits per heavy atom. The fourth-order valence-electron chi connectivity index (χ4n) is 1.26. The number of nitrogens with one attached hydrogen (secondary N) is 2. The van der Waals surface area contributed by atoms with E-state index < -0.39 is 18.0 Å². The lowest BCUT2D eigenvalue weighted by Crippen LogP contribution is -2.60. The summed E-state index contributed by atoms with van der Waals surface area (Å²) < 4.78 is 0. The highest BCUT2D eigenvalue weighted by Crippen LogP contribution is 2.03. The van der Waals surface area contributed by atoms with Gasteiger partial charge in [0.2, 0.25) is 0 Å². The van der Waals surface area contributed by atoms with Crippen LogP contribution < -0.4 is 16.6 Å². The van der Waals surface area contributed by atoms with Crippen LogP contribution in [0.3, 0.4) is 0 Å². The molecule has 0 aromatic heterocycles. The summed E-state index contributed by atoms with van der Waals surface area (Å²) >= 11 is 0. The molecule has 1 fully saturated rings. The minimum Gasteiger partial charge on any atom is -0.465 e. The van der Waals surface area contributed by atoms with Crippen LogP contribution in [0.15, 0.2) is 0 Å². The maximum atomic E-state index is 11.1. The number of nitrogens with two attached hydrogens (primary N) is 1. The van der Waals surface area contributed by atoms with Gasteiger partial charge in [-0.05, 0) is 0 Å². The molecule has 2 amide bonds. The van der Waals surface area contributed by atoms with E-state index in [4.69, 9.17) is 10.9 Å². The lowest BCUT2D eigenvalue weighted by atomic mass is 10.2. The number of hydrogen-bond acceptors (Lipinski definition) is 4. The van der Waals surface area contributed by atoms with E-state index in [-0.39, 0.29) is 0 Å². The predicted octanol–water partition coefficient (Wildman–Crippen LogP) is -2.07. The summed E-state index contributed by atoms with van der Waals surface area (Å²) in [4.78, 5) is 22.8. The maximum absolute atomic E-state index is 11.1. The first-order valence-corrected chi connectivity index (χ1v) is 3.87. The molecule has 0 saturated carbocycles. The molecule has 7 nitrogen and oxygen atoms in total. The first-order chi connectivity index (χ1) is 6.16.